The van der Waals surface area contributed by atoms with Crippen molar-refractivity contribution in [3.63, 3.8) is 0 Å². The summed E-state index contributed by atoms with van der Waals surface area (Å²) < 4.78 is 7.77. The number of H-pyrrole nitrogens is 1. The van der Waals surface area contributed by atoms with Crippen LogP contribution in [-0.2, 0) is 6.42 Å². The van der Waals surface area contributed by atoms with E-state index < -0.39 is 0 Å². The molecule has 1 heterocycles. The highest BCUT2D eigenvalue weighted by molar-refractivity contribution is 7.71. The lowest BCUT2D eigenvalue weighted by atomic mass is 10.2. The number of aromatic nitrogens is 2. The minimum atomic E-state index is 0.636. The van der Waals surface area contributed by atoms with Crippen molar-refractivity contribution in [2.75, 3.05) is 7.11 Å². The van der Waals surface area contributed by atoms with Gasteiger partial charge in [0.05, 0.1) is 17.8 Å². The molecular weight excluding hydrogens is 256 g/mol. The third-order valence-corrected chi connectivity index (χ3v) is 3.23. The number of nitrogens with one attached hydrogen (secondary N) is 1. The van der Waals surface area contributed by atoms with E-state index in [4.69, 9.17) is 28.6 Å². The average molecular weight is 269 g/mol. The van der Waals surface area contributed by atoms with Crippen molar-refractivity contribution in [1.82, 2.24) is 9.55 Å². The van der Waals surface area contributed by atoms with E-state index in [9.17, 15) is 0 Å². The van der Waals surface area contributed by atoms with Gasteiger partial charge < -0.3 is 9.72 Å². The van der Waals surface area contributed by atoms with Crippen LogP contribution < -0.4 is 4.74 Å². The molecule has 90 valence electrons. The number of aryl methyl sites for hydroxylation is 1. The van der Waals surface area contributed by atoms with Crippen molar-refractivity contribution in [3.8, 4) is 11.4 Å². The number of benzene rings is 1. The van der Waals surface area contributed by atoms with Crippen LogP contribution in [0.15, 0.2) is 24.4 Å². The van der Waals surface area contributed by atoms with Gasteiger partial charge in [0.1, 0.15) is 5.75 Å². The highest BCUT2D eigenvalue weighted by atomic mass is 35.5. The molecule has 0 saturated carbocycles. The van der Waals surface area contributed by atoms with Gasteiger partial charge in [-0.25, -0.2) is 0 Å². The maximum atomic E-state index is 6.21. The summed E-state index contributed by atoms with van der Waals surface area (Å²) in [6.07, 6.45) is 2.78. The first-order valence-electron chi connectivity index (χ1n) is 5.30. The van der Waals surface area contributed by atoms with Gasteiger partial charge in [-0.05, 0) is 30.8 Å². The molecule has 0 radical (unpaired) electrons. The SMILES string of the molecule is CCc1c[nH]c(=S)n1-c1cc(OC)ccc1Cl. The number of aromatic amines is 1. The Labute approximate surface area is 110 Å². The quantitative estimate of drug-likeness (QED) is 0.859. The van der Waals surface area contributed by atoms with E-state index in [0.29, 0.717) is 9.79 Å². The third kappa shape index (κ3) is 2.23. The molecule has 0 aliphatic rings. The topological polar surface area (TPSA) is 29.9 Å². The van der Waals surface area contributed by atoms with E-state index in [1.807, 2.05) is 29.0 Å². The van der Waals surface area contributed by atoms with Gasteiger partial charge >= 0.3 is 0 Å². The zero-order valence-electron chi connectivity index (χ0n) is 9.66. The lowest BCUT2D eigenvalue weighted by Crippen LogP contribution is -2.00. The molecule has 0 bridgehead atoms. The Morgan fingerprint density at radius 3 is 2.88 bits per heavy atom. The second-order valence-corrected chi connectivity index (χ2v) is 4.39. The van der Waals surface area contributed by atoms with E-state index in [0.717, 1.165) is 23.6 Å². The fourth-order valence-electron chi connectivity index (χ4n) is 1.72. The molecule has 0 saturated heterocycles. The van der Waals surface area contributed by atoms with Gasteiger partial charge in [-0.3, -0.25) is 4.57 Å². The lowest BCUT2D eigenvalue weighted by molar-refractivity contribution is 0.414. The molecule has 0 fully saturated rings. The monoisotopic (exact) mass is 268 g/mol. The van der Waals surface area contributed by atoms with Crippen molar-refractivity contribution < 1.29 is 4.74 Å². The zero-order chi connectivity index (χ0) is 12.4. The number of ether oxygens (including phenoxy) is 1. The zero-order valence-corrected chi connectivity index (χ0v) is 11.2. The maximum Gasteiger partial charge on any atom is 0.182 e. The third-order valence-electron chi connectivity index (χ3n) is 2.61. The van der Waals surface area contributed by atoms with E-state index in [2.05, 4.69) is 11.9 Å². The standard InChI is InChI=1S/C12H13ClN2OS/c1-3-8-7-14-12(17)15(8)11-6-9(16-2)4-5-10(11)13/h4-7H,3H2,1-2H3,(H,14,17). The van der Waals surface area contributed by atoms with Gasteiger partial charge in [0, 0.05) is 18.0 Å². The fourth-order valence-corrected chi connectivity index (χ4v) is 2.20. The highest BCUT2D eigenvalue weighted by Crippen LogP contribution is 2.27. The second kappa shape index (κ2) is 4.94. The van der Waals surface area contributed by atoms with Crippen LogP contribution in [-0.4, -0.2) is 16.7 Å². The Kier molecular flexibility index (Phi) is 3.54. The molecule has 1 N–H and O–H groups in total. The lowest BCUT2D eigenvalue weighted by Gasteiger charge is -2.10. The molecular formula is C12H13ClN2OS. The van der Waals surface area contributed by atoms with Gasteiger partial charge in [0.2, 0.25) is 0 Å². The molecule has 0 aliphatic heterocycles. The fraction of sp³-hybridized carbons (Fsp3) is 0.250. The number of imidazole rings is 1. The van der Waals surface area contributed by atoms with E-state index in [1.54, 1.807) is 7.11 Å². The van der Waals surface area contributed by atoms with Gasteiger partial charge in [-0.15, -0.1) is 0 Å². The van der Waals surface area contributed by atoms with Crippen LogP contribution in [0, 0.1) is 4.77 Å². The number of methoxy groups -OCH3 is 1. The molecule has 1 aromatic carbocycles. The predicted octanol–water partition coefficient (Wildman–Crippen LogP) is 3.76. The summed E-state index contributed by atoms with van der Waals surface area (Å²) >= 11 is 11.5. The molecule has 3 nitrogen and oxygen atoms in total. The van der Waals surface area contributed by atoms with Crippen LogP contribution in [0.3, 0.4) is 0 Å². The normalized spacial score (nSPS) is 10.5. The second-order valence-electron chi connectivity index (χ2n) is 3.59. The summed E-state index contributed by atoms with van der Waals surface area (Å²) in [6.45, 7) is 2.07. The first-order valence-corrected chi connectivity index (χ1v) is 6.09. The van der Waals surface area contributed by atoms with E-state index in [1.165, 1.54) is 0 Å². The molecule has 17 heavy (non-hydrogen) atoms. The highest BCUT2D eigenvalue weighted by Gasteiger charge is 2.09. The average Bonchev–Trinajstić information content (AvgIpc) is 2.71. The maximum absolute atomic E-state index is 6.21. The molecule has 2 rings (SSSR count). The largest absolute Gasteiger partial charge is 0.497 e. The Bertz CT molecular complexity index is 588. The van der Waals surface area contributed by atoms with Crippen molar-refractivity contribution in [3.05, 3.63) is 39.9 Å². The summed E-state index contributed by atoms with van der Waals surface area (Å²) in [5.41, 5.74) is 1.93. The number of nitrogens with zero attached hydrogens (tertiary/aromatic N) is 1. The summed E-state index contributed by atoms with van der Waals surface area (Å²) in [7, 11) is 1.63. The van der Waals surface area contributed by atoms with Crippen molar-refractivity contribution in [1.29, 1.82) is 0 Å². The molecule has 2 aromatic rings. The molecule has 1 aromatic heterocycles. The van der Waals surface area contributed by atoms with E-state index in [-0.39, 0.29) is 0 Å². The summed E-state index contributed by atoms with van der Waals surface area (Å²) in [5, 5.41) is 0.649. The van der Waals surface area contributed by atoms with Crippen LogP contribution >= 0.6 is 23.8 Å². The van der Waals surface area contributed by atoms with Gasteiger partial charge in [-0.2, -0.15) is 0 Å². The van der Waals surface area contributed by atoms with Crippen LogP contribution in [0.1, 0.15) is 12.6 Å². The van der Waals surface area contributed by atoms with Gasteiger partial charge in [0.25, 0.3) is 0 Å². The first kappa shape index (κ1) is 12.2. The van der Waals surface area contributed by atoms with Crippen LogP contribution in [0.2, 0.25) is 5.02 Å². The van der Waals surface area contributed by atoms with Gasteiger partial charge in [-0.1, -0.05) is 18.5 Å². The summed E-state index contributed by atoms with van der Waals surface area (Å²) in [4.78, 5) is 3.03. The molecule has 5 heteroatoms. The van der Waals surface area contributed by atoms with Gasteiger partial charge in [0.15, 0.2) is 4.77 Å². The predicted molar refractivity (Wildman–Crippen MR) is 71.9 cm³/mol. The van der Waals surface area contributed by atoms with Crippen molar-refractivity contribution in [2.24, 2.45) is 0 Å². The van der Waals surface area contributed by atoms with Crippen LogP contribution in [0.5, 0.6) is 5.75 Å². The Morgan fingerprint density at radius 1 is 1.47 bits per heavy atom. The smallest absolute Gasteiger partial charge is 0.182 e. The number of halogens is 1. The Morgan fingerprint density at radius 2 is 2.24 bits per heavy atom. The number of hydrogen-bond acceptors (Lipinski definition) is 2. The number of rotatable bonds is 3. The molecule has 0 amide bonds. The molecule has 0 spiro atoms. The first-order chi connectivity index (χ1) is 8.17. The van der Waals surface area contributed by atoms with E-state index >= 15 is 0 Å². The summed E-state index contributed by atoms with van der Waals surface area (Å²) in [6, 6.07) is 5.52. The Balaban J connectivity index is 2.66. The van der Waals surface area contributed by atoms with Crippen LogP contribution in [0.4, 0.5) is 0 Å². The summed E-state index contributed by atoms with van der Waals surface area (Å²) in [5.74, 6) is 0.759. The molecule has 0 aliphatic carbocycles. The van der Waals surface area contributed by atoms with Crippen molar-refractivity contribution >= 4 is 23.8 Å². The number of hydrogen-bond donors (Lipinski definition) is 1. The Hall–Kier alpha value is -1.26. The minimum Gasteiger partial charge on any atom is -0.497 e. The molecule has 0 unspecified atom stereocenters. The minimum absolute atomic E-state index is 0.636. The van der Waals surface area contributed by atoms with Crippen LogP contribution in [0.25, 0.3) is 5.69 Å². The van der Waals surface area contributed by atoms with Crippen molar-refractivity contribution in [2.45, 2.75) is 13.3 Å². The molecule has 0 atom stereocenters.